The van der Waals surface area contributed by atoms with Crippen molar-refractivity contribution in [1.82, 2.24) is 14.6 Å². The number of rotatable bonds is 1. The van der Waals surface area contributed by atoms with Crippen molar-refractivity contribution in [3.05, 3.63) is 23.7 Å². The predicted molar refractivity (Wildman–Crippen MR) is 47.6 cm³/mol. The topological polar surface area (TPSA) is 64.7 Å². The lowest BCUT2D eigenvalue weighted by Crippen LogP contribution is -1.89. The Morgan fingerprint density at radius 3 is 3.00 bits per heavy atom. The third-order valence-electron chi connectivity index (χ3n) is 1.44. The smallest absolute Gasteiger partial charge is 0.123 e. The van der Waals surface area contributed by atoms with Crippen LogP contribution in [-0.2, 0) is 0 Å². The van der Waals surface area contributed by atoms with Gasteiger partial charge < -0.3 is 5.73 Å². The van der Waals surface area contributed by atoms with E-state index in [2.05, 4.69) is 14.6 Å². The second-order valence-corrected chi connectivity index (χ2v) is 2.87. The van der Waals surface area contributed by atoms with Crippen LogP contribution in [0.5, 0.6) is 0 Å². The number of hydrogen-bond acceptors (Lipinski definition) is 5. The van der Waals surface area contributed by atoms with Crippen LogP contribution in [-0.4, -0.2) is 14.6 Å². The van der Waals surface area contributed by atoms with Crippen molar-refractivity contribution in [2.75, 3.05) is 5.73 Å². The first-order valence-corrected chi connectivity index (χ1v) is 4.19. The van der Waals surface area contributed by atoms with Crippen molar-refractivity contribution in [1.29, 1.82) is 0 Å². The van der Waals surface area contributed by atoms with E-state index in [4.69, 9.17) is 5.73 Å². The van der Waals surface area contributed by atoms with Crippen LogP contribution in [0.2, 0.25) is 0 Å². The van der Waals surface area contributed by atoms with Crippen LogP contribution in [0.1, 0.15) is 0 Å². The standard InChI is InChI=1S/C7H6N4S/c8-7-3-5(1-2-9-7)6-4-12-11-10-6/h1-4H,(H2,8,9). The van der Waals surface area contributed by atoms with Gasteiger partial charge in [-0.2, -0.15) is 0 Å². The Kier molecular flexibility index (Phi) is 1.71. The van der Waals surface area contributed by atoms with Gasteiger partial charge in [0.1, 0.15) is 11.5 Å². The van der Waals surface area contributed by atoms with Crippen molar-refractivity contribution in [3.8, 4) is 11.3 Å². The zero-order valence-corrected chi connectivity index (χ0v) is 6.95. The molecule has 12 heavy (non-hydrogen) atoms. The van der Waals surface area contributed by atoms with Crippen LogP contribution in [0.25, 0.3) is 11.3 Å². The number of hydrogen-bond donors (Lipinski definition) is 1. The minimum absolute atomic E-state index is 0.500. The first-order chi connectivity index (χ1) is 5.86. The Morgan fingerprint density at radius 1 is 1.42 bits per heavy atom. The van der Waals surface area contributed by atoms with Crippen LogP contribution < -0.4 is 5.73 Å². The molecule has 4 nitrogen and oxygen atoms in total. The van der Waals surface area contributed by atoms with Crippen LogP contribution in [0.3, 0.4) is 0 Å². The highest BCUT2D eigenvalue weighted by atomic mass is 32.1. The molecule has 0 fully saturated rings. The van der Waals surface area contributed by atoms with Crippen molar-refractivity contribution in [3.63, 3.8) is 0 Å². The van der Waals surface area contributed by atoms with Crippen molar-refractivity contribution in [2.45, 2.75) is 0 Å². The van der Waals surface area contributed by atoms with E-state index in [0.717, 1.165) is 11.3 Å². The van der Waals surface area contributed by atoms with Gasteiger partial charge in [0.2, 0.25) is 0 Å². The molecular weight excluding hydrogens is 172 g/mol. The fourth-order valence-corrected chi connectivity index (χ4v) is 1.36. The number of nitrogens with zero attached hydrogens (tertiary/aromatic N) is 3. The third-order valence-corrected chi connectivity index (χ3v) is 1.94. The third kappa shape index (κ3) is 1.26. The lowest BCUT2D eigenvalue weighted by Gasteiger charge is -1.95. The zero-order valence-electron chi connectivity index (χ0n) is 6.14. The number of pyridine rings is 1. The summed E-state index contributed by atoms with van der Waals surface area (Å²) in [5, 5.41) is 5.78. The van der Waals surface area contributed by atoms with Crippen LogP contribution >= 0.6 is 11.5 Å². The maximum absolute atomic E-state index is 5.51. The van der Waals surface area contributed by atoms with E-state index in [0.29, 0.717) is 5.82 Å². The maximum atomic E-state index is 5.51. The molecule has 0 aliphatic heterocycles. The summed E-state index contributed by atoms with van der Waals surface area (Å²) in [7, 11) is 0. The number of nitrogen functional groups attached to an aromatic ring is 1. The molecule has 0 bridgehead atoms. The summed E-state index contributed by atoms with van der Waals surface area (Å²) in [6.07, 6.45) is 1.66. The van der Waals surface area contributed by atoms with Gasteiger partial charge in [0.15, 0.2) is 0 Å². The summed E-state index contributed by atoms with van der Waals surface area (Å²) in [4.78, 5) is 3.88. The minimum atomic E-state index is 0.500. The molecule has 0 saturated carbocycles. The average molecular weight is 178 g/mol. The van der Waals surface area contributed by atoms with Gasteiger partial charge in [-0.05, 0) is 23.7 Å². The lowest BCUT2D eigenvalue weighted by molar-refractivity contribution is 1.16. The first-order valence-electron chi connectivity index (χ1n) is 3.35. The maximum Gasteiger partial charge on any atom is 0.123 e. The molecule has 0 amide bonds. The fraction of sp³-hybridized carbons (Fsp3) is 0. The molecule has 2 aromatic rings. The summed E-state index contributed by atoms with van der Waals surface area (Å²) in [5.74, 6) is 0.500. The van der Waals surface area contributed by atoms with Crippen LogP contribution in [0.15, 0.2) is 23.7 Å². The van der Waals surface area contributed by atoms with Gasteiger partial charge in [0.25, 0.3) is 0 Å². The summed E-state index contributed by atoms with van der Waals surface area (Å²) in [6, 6.07) is 3.63. The highest BCUT2D eigenvalue weighted by Gasteiger charge is 2.00. The SMILES string of the molecule is Nc1cc(-c2csnn2)ccn1. The largest absolute Gasteiger partial charge is 0.384 e. The van der Waals surface area contributed by atoms with Gasteiger partial charge in [0, 0.05) is 17.1 Å². The number of aromatic nitrogens is 3. The Balaban J connectivity index is 2.48. The van der Waals surface area contributed by atoms with Crippen molar-refractivity contribution < 1.29 is 0 Å². The van der Waals surface area contributed by atoms with E-state index in [1.165, 1.54) is 11.5 Å². The van der Waals surface area contributed by atoms with Gasteiger partial charge in [-0.25, -0.2) is 4.98 Å². The molecule has 2 N–H and O–H groups in total. The van der Waals surface area contributed by atoms with E-state index < -0.39 is 0 Å². The van der Waals surface area contributed by atoms with Gasteiger partial charge in [-0.3, -0.25) is 0 Å². The van der Waals surface area contributed by atoms with E-state index in [1.54, 1.807) is 12.3 Å². The predicted octanol–water partition coefficient (Wildman–Crippen LogP) is 1.18. The lowest BCUT2D eigenvalue weighted by atomic mass is 10.2. The highest BCUT2D eigenvalue weighted by molar-refractivity contribution is 7.03. The van der Waals surface area contributed by atoms with Gasteiger partial charge in [-0.15, -0.1) is 5.10 Å². The molecular formula is C7H6N4S. The minimum Gasteiger partial charge on any atom is -0.384 e. The summed E-state index contributed by atoms with van der Waals surface area (Å²) in [5.41, 5.74) is 7.31. The molecule has 0 unspecified atom stereocenters. The molecule has 2 aromatic heterocycles. The Bertz CT molecular complexity index is 371. The molecule has 0 atom stereocenters. The molecule has 0 radical (unpaired) electrons. The first kappa shape index (κ1) is 7.17. The van der Waals surface area contributed by atoms with E-state index in [1.807, 2.05) is 11.4 Å². The van der Waals surface area contributed by atoms with Crippen molar-refractivity contribution in [2.24, 2.45) is 0 Å². The average Bonchev–Trinajstić information content (AvgIpc) is 2.56. The van der Waals surface area contributed by atoms with Crippen LogP contribution in [0.4, 0.5) is 5.82 Å². The number of nitrogens with two attached hydrogens (primary N) is 1. The Labute approximate surface area is 73.2 Å². The quantitative estimate of drug-likeness (QED) is 0.712. The molecule has 0 aromatic carbocycles. The summed E-state index contributed by atoms with van der Waals surface area (Å²) >= 11 is 1.32. The second-order valence-electron chi connectivity index (χ2n) is 2.26. The van der Waals surface area contributed by atoms with Gasteiger partial charge in [-0.1, -0.05) is 4.49 Å². The molecule has 0 spiro atoms. The van der Waals surface area contributed by atoms with Gasteiger partial charge >= 0.3 is 0 Å². The molecule has 60 valence electrons. The summed E-state index contributed by atoms with van der Waals surface area (Å²) < 4.78 is 3.76. The Morgan fingerprint density at radius 2 is 2.33 bits per heavy atom. The number of anilines is 1. The monoisotopic (exact) mass is 178 g/mol. The van der Waals surface area contributed by atoms with E-state index in [9.17, 15) is 0 Å². The molecule has 2 rings (SSSR count). The van der Waals surface area contributed by atoms with E-state index in [-0.39, 0.29) is 0 Å². The Hall–Kier alpha value is -1.49. The fourth-order valence-electron chi connectivity index (χ4n) is 0.898. The van der Waals surface area contributed by atoms with Crippen molar-refractivity contribution >= 4 is 17.4 Å². The molecule has 0 aliphatic carbocycles. The molecule has 0 aliphatic rings. The normalized spacial score (nSPS) is 10.0. The zero-order chi connectivity index (χ0) is 8.39. The highest BCUT2D eigenvalue weighted by Crippen LogP contribution is 2.17. The van der Waals surface area contributed by atoms with Crippen LogP contribution in [0, 0.1) is 0 Å². The molecule has 0 saturated heterocycles. The van der Waals surface area contributed by atoms with E-state index >= 15 is 0 Å². The second kappa shape index (κ2) is 2.86. The molecule has 2 heterocycles. The molecule has 5 heteroatoms. The van der Waals surface area contributed by atoms with Gasteiger partial charge in [0.05, 0.1) is 0 Å². The summed E-state index contributed by atoms with van der Waals surface area (Å²) in [6.45, 7) is 0.